The monoisotopic (exact) mass is 532 g/mol. The summed E-state index contributed by atoms with van der Waals surface area (Å²) in [5.41, 5.74) is -0.236. The van der Waals surface area contributed by atoms with Gasteiger partial charge in [0.25, 0.3) is 0 Å². The third-order valence-electron chi connectivity index (χ3n) is 13.2. The summed E-state index contributed by atoms with van der Waals surface area (Å²) in [5.74, 6) is 1.89. The molecule has 4 fully saturated rings. The number of rotatable bonds is 7. The summed E-state index contributed by atoms with van der Waals surface area (Å²) < 4.78 is 6.57. The molecule has 8 unspecified atom stereocenters. The second-order valence-electron chi connectivity index (χ2n) is 15.8. The van der Waals surface area contributed by atoms with Gasteiger partial charge in [-0.3, -0.25) is 4.79 Å². The summed E-state index contributed by atoms with van der Waals surface area (Å²) in [7, 11) is 0. The first-order chi connectivity index (χ1) is 17.4. The summed E-state index contributed by atoms with van der Waals surface area (Å²) in [4.78, 5) is 11.2. The fourth-order valence-corrected chi connectivity index (χ4v) is 9.54. The zero-order valence-electron chi connectivity index (χ0n) is 25.4. The summed E-state index contributed by atoms with van der Waals surface area (Å²) in [5, 5.41) is 32.7. The van der Waals surface area contributed by atoms with Crippen LogP contribution in [0.5, 0.6) is 0 Å². The zero-order chi connectivity index (χ0) is 28.4. The highest BCUT2D eigenvalue weighted by Crippen LogP contribution is 2.68. The molecule has 4 rings (SSSR count). The molecule has 3 N–H and O–H groups in total. The number of allylic oxidation sites excluding steroid dienone is 1. The molecule has 0 aliphatic heterocycles. The normalized spacial score (nSPS) is 43.9. The fourth-order valence-electron chi connectivity index (χ4n) is 9.54. The van der Waals surface area contributed by atoms with Gasteiger partial charge in [0, 0.05) is 11.8 Å². The highest BCUT2D eigenvalue weighted by atomic mass is 16.5. The Labute approximate surface area is 231 Å². The molecule has 0 spiro atoms. The highest BCUT2D eigenvalue weighted by Gasteiger charge is 2.65. The van der Waals surface area contributed by atoms with E-state index in [1.807, 2.05) is 0 Å². The van der Waals surface area contributed by atoms with Gasteiger partial charge in [0.2, 0.25) is 0 Å². The Morgan fingerprint density at radius 3 is 2.29 bits per heavy atom. The van der Waals surface area contributed by atoms with Crippen LogP contribution in [0.15, 0.2) is 12.3 Å². The van der Waals surface area contributed by atoms with Crippen molar-refractivity contribution in [2.75, 3.05) is 0 Å². The molecule has 4 saturated carbocycles. The maximum atomic E-state index is 11.8. The van der Waals surface area contributed by atoms with Crippen molar-refractivity contribution in [3.63, 3.8) is 0 Å². The Morgan fingerprint density at radius 2 is 1.68 bits per heavy atom. The van der Waals surface area contributed by atoms with Crippen molar-refractivity contribution in [1.82, 2.24) is 0 Å². The first-order valence-corrected chi connectivity index (χ1v) is 15.4. The predicted octanol–water partition coefficient (Wildman–Crippen LogP) is 7.06. The standard InChI is InChI=1S/C33H56O5/c1-19(10-13-28(36)37)23-11-12-24-29-25(18-27(35)33(23,24)9)32(8)15-14-22(16-21(32)17-26(29)34)38-20(2)31(6,7)30(3,4)5/h19,21-27,29,34-35H,2,10-18H2,1,3-9H3,(H,36,37)/t19?,21?,22-,23?,24?,25?,26-,27+,29?,32?,33?/m1/s1. The number of ether oxygens (including phenoxy) is 1. The summed E-state index contributed by atoms with van der Waals surface area (Å²) >= 11 is 0. The minimum Gasteiger partial charge on any atom is -0.495 e. The maximum absolute atomic E-state index is 11.8. The molecular formula is C33H56O5. The molecule has 218 valence electrons. The quantitative estimate of drug-likeness (QED) is 0.306. The van der Waals surface area contributed by atoms with E-state index >= 15 is 0 Å². The third-order valence-corrected chi connectivity index (χ3v) is 13.2. The van der Waals surface area contributed by atoms with Crippen molar-refractivity contribution < 1.29 is 24.9 Å². The minimum atomic E-state index is -0.743. The molecule has 0 bridgehead atoms. The van der Waals surface area contributed by atoms with Crippen molar-refractivity contribution in [2.24, 2.45) is 57.2 Å². The van der Waals surface area contributed by atoms with Crippen LogP contribution in [-0.2, 0) is 9.53 Å². The molecule has 0 saturated heterocycles. The van der Waals surface area contributed by atoms with Crippen LogP contribution in [0.2, 0.25) is 0 Å². The van der Waals surface area contributed by atoms with Crippen molar-refractivity contribution >= 4 is 5.97 Å². The zero-order valence-corrected chi connectivity index (χ0v) is 25.4. The molecule has 11 atom stereocenters. The third kappa shape index (κ3) is 4.76. The van der Waals surface area contributed by atoms with Gasteiger partial charge in [-0.1, -0.05) is 62.0 Å². The molecule has 0 radical (unpaired) electrons. The lowest BCUT2D eigenvalue weighted by Crippen LogP contribution is -2.62. The number of hydrogen-bond donors (Lipinski definition) is 3. The topological polar surface area (TPSA) is 87.0 Å². The SMILES string of the molecule is C=C(O[C@@H]1CCC2(C)C(C1)C[C@@H](O)C1C2C[C@H](O)C2(C)C(C(C)CCC(=O)O)CCC12)C(C)(C)C(C)(C)C. The number of carbonyl (C=O) groups is 1. The van der Waals surface area contributed by atoms with Crippen LogP contribution < -0.4 is 0 Å². The number of carboxylic acid groups (broad SMARTS) is 1. The van der Waals surface area contributed by atoms with Gasteiger partial charge in [0.15, 0.2) is 0 Å². The number of hydrogen-bond acceptors (Lipinski definition) is 4. The molecule has 5 nitrogen and oxygen atoms in total. The Hall–Kier alpha value is -1.07. The molecule has 5 heteroatoms. The Bertz CT molecular complexity index is 904. The van der Waals surface area contributed by atoms with Gasteiger partial charge in [-0.2, -0.15) is 0 Å². The van der Waals surface area contributed by atoms with Crippen LogP contribution in [-0.4, -0.2) is 39.6 Å². The second kappa shape index (κ2) is 10.1. The predicted molar refractivity (Wildman–Crippen MR) is 151 cm³/mol. The van der Waals surface area contributed by atoms with Gasteiger partial charge >= 0.3 is 5.97 Å². The number of aliphatic hydroxyl groups is 2. The Balaban J connectivity index is 1.50. The van der Waals surface area contributed by atoms with Crippen molar-refractivity contribution in [3.8, 4) is 0 Å². The lowest BCUT2D eigenvalue weighted by atomic mass is 9.43. The molecule has 0 aromatic rings. The van der Waals surface area contributed by atoms with Crippen molar-refractivity contribution in [2.45, 2.75) is 131 Å². The van der Waals surface area contributed by atoms with E-state index in [2.05, 4.69) is 62.0 Å². The van der Waals surface area contributed by atoms with Crippen LogP contribution in [0.3, 0.4) is 0 Å². The van der Waals surface area contributed by atoms with E-state index in [0.717, 1.165) is 50.7 Å². The Morgan fingerprint density at radius 1 is 1.03 bits per heavy atom. The minimum absolute atomic E-state index is 0.0523. The van der Waals surface area contributed by atoms with Gasteiger partial charge in [0.05, 0.1) is 24.1 Å². The fraction of sp³-hybridized carbons (Fsp3) is 0.909. The summed E-state index contributed by atoms with van der Waals surface area (Å²) in [6.45, 7) is 22.3. The van der Waals surface area contributed by atoms with Crippen LogP contribution in [0.4, 0.5) is 0 Å². The lowest BCUT2D eigenvalue weighted by Gasteiger charge is -2.63. The molecular weight excluding hydrogens is 476 g/mol. The van der Waals surface area contributed by atoms with E-state index < -0.39 is 12.1 Å². The van der Waals surface area contributed by atoms with Crippen LogP contribution in [0.25, 0.3) is 0 Å². The number of carboxylic acids is 1. The van der Waals surface area contributed by atoms with E-state index in [4.69, 9.17) is 4.74 Å². The van der Waals surface area contributed by atoms with E-state index in [1.54, 1.807) is 0 Å². The van der Waals surface area contributed by atoms with Crippen molar-refractivity contribution in [3.05, 3.63) is 12.3 Å². The first-order valence-electron chi connectivity index (χ1n) is 15.4. The average molecular weight is 533 g/mol. The van der Waals surface area contributed by atoms with Crippen molar-refractivity contribution in [1.29, 1.82) is 0 Å². The molecule has 0 heterocycles. The maximum Gasteiger partial charge on any atom is 0.303 e. The van der Waals surface area contributed by atoms with Crippen LogP contribution in [0, 0.1) is 57.2 Å². The van der Waals surface area contributed by atoms with E-state index in [-0.39, 0.29) is 52.1 Å². The molecule has 0 aromatic heterocycles. The average Bonchev–Trinajstić information content (AvgIpc) is 3.16. The van der Waals surface area contributed by atoms with Gasteiger partial charge in [-0.15, -0.1) is 0 Å². The van der Waals surface area contributed by atoms with Crippen LogP contribution >= 0.6 is 0 Å². The highest BCUT2D eigenvalue weighted by molar-refractivity contribution is 5.66. The second-order valence-corrected chi connectivity index (χ2v) is 15.8. The van der Waals surface area contributed by atoms with E-state index in [1.165, 1.54) is 0 Å². The Kier molecular flexibility index (Phi) is 7.94. The van der Waals surface area contributed by atoms with Gasteiger partial charge in [0.1, 0.15) is 0 Å². The van der Waals surface area contributed by atoms with Gasteiger partial charge in [-0.25, -0.2) is 0 Å². The summed E-state index contributed by atoms with van der Waals surface area (Å²) in [6.07, 6.45) is 6.85. The van der Waals surface area contributed by atoms with Gasteiger partial charge in [-0.05, 0) is 103 Å². The smallest absolute Gasteiger partial charge is 0.303 e. The number of aliphatic hydroxyl groups excluding tert-OH is 2. The van der Waals surface area contributed by atoms with Crippen LogP contribution in [0.1, 0.15) is 113 Å². The number of aliphatic carboxylic acids is 1. The van der Waals surface area contributed by atoms with Gasteiger partial charge < -0.3 is 20.1 Å². The molecule has 0 amide bonds. The molecule has 0 aromatic carbocycles. The summed E-state index contributed by atoms with van der Waals surface area (Å²) in [6, 6.07) is 0. The van der Waals surface area contributed by atoms with E-state index in [9.17, 15) is 20.1 Å². The number of fused-ring (bicyclic) bond motifs is 5. The molecule has 4 aliphatic rings. The molecule has 4 aliphatic carbocycles. The van der Waals surface area contributed by atoms with E-state index in [0.29, 0.717) is 30.1 Å². The largest absolute Gasteiger partial charge is 0.495 e. The first kappa shape index (κ1) is 29.9. The lowest BCUT2D eigenvalue weighted by molar-refractivity contribution is -0.208. The molecule has 38 heavy (non-hydrogen) atoms.